The molecule has 0 aliphatic heterocycles. The molecule has 1 N–H and O–H groups in total. The van der Waals surface area contributed by atoms with Gasteiger partial charge in [-0.2, -0.15) is 0 Å². The van der Waals surface area contributed by atoms with Crippen LogP contribution in [-0.4, -0.2) is 36.9 Å². The lowest BCUT2D eigenvalue weighted by Crippen LogP contribution is -2.38. The van der Waals surface area contributed by atoms with Crippen LogP contribution in [0.25, 0.3) is 11.4 Å². The number of hydrogen-bond donors (Lipinski definition) is 1. The van der Waals surface area contributed by atoms with Crippen LogP contribution in [0.3, 0.4) is 0 Å². The van der Waals surface area contributed by atoms with E-state index in [4.69, 9.17) is 0 Å². The highest BCUT2D eigenvalue weighted by atomic mass is 32.2. The second-order valence-corrected chi connectivity index (χ2v) is 8.10. The molecule has 0 bridgehead atoms. The number of carbonyl (C=O) groups excluding carboxylic acids is 1. The smallest absolute Gasteiger partial charge is 0.233 e. The Hall–Kier alpha value is -2.67. The third-order valence-electron chi connectivity index (χ3n) is 4.52. The van der Waals surface area contributed by atoms with Gasteiger partial charge in [-0.05, 0) is 44.4 Å². The second-order valence-electron chi connectivity index (χ2n) is 6.80. The van der Waals surface area contributed by atoms with Gasteiger partial charge in [0.25, 0.3) is 0 Å². The first-order valence-electron chi connectivity index (χ1n) is 9.35. The predicted molar refractivity (Wildman–Crippen MR) is 112 cm³/mol. The van der Waals surface area contributed by atoms with Gasteiger partial charge in [0.15, 0.2) is 11.0 Å². The van der Waals surface area contributed by atoms with Gasteiger partial charge in [-0.15, -0.1) is 10.2 Å². The predicted octanol–water partition coefficient (Wildman–Crippen LogP) is 3.50. The number of thioether (sulfide) groups is 1. The molecule has 3 rings (SSSR count). The van der Waals surface area contributed by atoms with Gasteiger partial charge < -0.3 is 9.88 Å². The van der Waals surface area contributed by atoms with Crippen molar-refractivity contribution < 1.29 is 4.79 Å². The lowest BCUT2D eigenvalue weighted by Gasteiger charge is -2.17. The Morgan fingerprint density at radius 1 is 1.11 bits per heavy atom. The van der Waals surface area contributed by atoms with Crippen LogP contribution < -0.4 is 5.32 Å². The Labute approximate surface area is 169 Å². The number of amides is 1. The van der Waals surface area contributed by atoms with Gasteiger partial charge in [0.1, 0.15) is 0 Å². The highest BCUT2D eigenvalue weighted by Crippen LogP contribution is 2.25. The molecule has 3 aromatic rings. The molecule has 2 aromatic heterocycles. The van der Waals surface area contributed by atoms with Crippen molar-refractivity contribution in [2.24, 2.45) is 7.05 Å². The summed E-state index contributed by atoms with van der Waals surface area (Å²) in [5.74, 6) is 0.771. The van der Waals surface area contributed by atoms with Crippen LogP contribution >= 0.6 is 11.8 Å². The lowest BCUT2D eigenvalue weighted by molar-refractivity contribution is -0.120. The van der Waals surface area contributed by atoms with Crippen molar-refractivity contribution in [2.45, 2.75) is 43.1 Å². The molecule has 0 aliphatic rings. The minimum absolute atomic E-state index is 0.0130. The zero-order chi connectivity index (χ0) is 19.9. The SMILES string of the molecule is C[C@@H](CCc1ccccc1)NC(=O)[C@@H](C)Sc1nnc(-c2ccncc2)n1C. The van der Waals surface area contributed by atoms with Gasteiger partial charge in [-0.25, -0.2) is 0 Å². The number of benzene rings is 1. The minimum atomic E-state index is -0.257. The fraction of sp³-hybridized carbons (Fsp3) is 0.333. The third-order valence-corrected chi connectivity index (χ3v) is 5.66. The molecule has 0 unspecified atom stereocenters. The standard InChI is InChI=1S/C21H25N5OS/c1-15(9-10-17-7-5-4-6-8-17)23-20(27)16(2)28-21-25-24-19(26(21)3)18-11-13-22-14-12-18/h4-8,11-16H,9-10H2,1-3H3,(H,23,27)/t15-,16+/m0/s1. The number of aromatic nitrogens is 4. The minimum Gasteiger partial charge on any atom is -0.353 e. The largest absolute Gasteiger partial charge is 0.353 e. The highest BCUT2D eigenvalue weighted by Gasteiger charge is 2.20. The van der Waals surface area contributed by atoms with Crippen LogP contribution in [-0.2, 0) is 18.3 Å². The normalized spacial score (nSPS) is 13.1. The topological polar surface area (TPSA) is 72.7 Å². The first-order valence-corrected chi connectivity index (χ1v) is 10.2. The molecular weight excluding hydrogens is 370 g/mol. The van der Waals surface area contributed by atoms with E-state index in [1.807, 2.05) is 55.8 Å². The molecule has 0 saturated heterocycles. The van der Waals surface area contributed by atoms with E-state index in [9.17, 15) is 4.79 Å². The third kappa shape index (κ3) is 5.19. The van der Waals surface area contributed by atoms with Crippen molar-refractivity contribution in [3.63, 3.8) is 0 Å². The molecule has 2 atom stereocenters. The fourth-order valence-electron chi connectivity index (χ4n) is 2.84. The molecular formula is C21H25N5OS. The lowest BCUT2D eigenvalue weighted by atomic mass is 10.1. The average molecular weight is 396 g/mol. The number of hydrogen-bond acceptors (Lipinski definition) is 5. The molecule has 0 fully saturated rings. The molecule has 1 amide bonds. The molecule has 7 heteroatoms. The number of nitrogens with zero attached hydrogens (tertiary/aromatic N) is 4. The van der Waals surface area contributed by atoms with E-state index in [1.165, 1.54) is 17.3 Å². The molecule has 0 aliphatic carbocycles. The maximum atomic E-state index is 12.6. The monoisotopic (exact) mass is 395 g/mol. The molecule has 0 radical (unpaired) electrons. The van der Waals surface area contributed by atoms with Crippen molar-refractivity contribution in [2.75, 3.05) is 0 Å². The molecule has 146 valence electrons. The van der Waals surface area contributed by atoms with Crippen LogP contribution in [0.5, 0.6) is 0 Å². The first-order chi connectivity index (χ1) is 13.5. The van der Waals surface area contributed by atoms with Crippen molar-refractivity contribution in [1.29, 1.82) is 0 Å². The van der Waals surface area contributed by atoms with Crippen LogP contribution in [0.15, 0.2) is 60.0 Å². The van der Waals surface area contributed by atoms with E-state index in [0.717, 1.165) is 24.2 Å². The molecule has 28 heavy (non-hydrogen) atoms. The van der Waals surface area contributed by atoms with E-state index >= 15 is 0 Å². The summed E-state index contributed by atoms with van der Waals surface area (Å²) in [4.78, 5) is 16.6. The van der Waals surface area contributed by atoms with Gasteiger partial charge in [0.2, 0.25) is 5.91 Å². The van der Waals surface area contributed by atoms with E-state index in [0.29, 0.717) is 5.16 Å². The van der Waals surface area contributed by atoms with Crippen molar-refractivity contribution >= 4 is 17.7 Å². The Kier molecular flexibility index (Phi) is 6.81. The number of nitrogens with one attached hydrogen (secondary N) is 1. The molecule has 0 saturated carbocycles. The Bertz CT molecular complexity index is 898. The second kappa shape index (κ2) is 9.50. The summed E-state index contributed by atoms with van der Waals surface area (Å²) < 4.78 is 1.91. The average Bonchev–Trinajstić information content (AvgIpc) is 3.08. The fourth-order valence-corrected chi connectivity index (χ4v) is 3.67. The summed E-state index contributed by atoms with van der Waals surface area (Å²) in [6.07, 6.45) is 5.30. The maximum absolute atomic E-state index is 12.6. The van der Waals surface area contributed by atoms with Crippen molar-refractivity contribution in [3.05, 3.63) is 60.4 Å². The van der Waals surface area contributed by atoms with Crippen LogP contribution in [0.2, 0.25) is 0 Å². The van der Waals surface area contributed by atoms with Crippen molar-refractivity contribution in [3.8, 4) is 11.4 Å². The summed E-state index contributed by atoms with van der Waals surface area (Å²) in [5, 5.41) is 12.1. The summed E-state index contributed by atoms with van der Waals surface area (Å²) in [5.41, 5.74) is 2.23. The first kappa shape index (κ1) is 20.1. The van der Waals surface area contributed by atoms with E-state index in [1.54, 1.807) is 12.4 Å². The number of aryl methyl sites for hydroxylation is 1. The Morgan fingerprint density at radius 3 is 2.54 bits per heavy atom. The molecule has 2 heterocycles. The number of rotatable bonds is 8. The Morgan fingerprint density at radius 2 is 1.82 bits per heavy atom. The maximum Gasteiger partial charge on any atom is 0.233 e. The quantitative estimate of drug-likeness (QED) is 0.591. The van der Waals surface area contributed by atoms with Gasteiger partial charge >= 0.3 is 0 Å². The zero-order valence-electron chi connectivity index (χ0n) is 16.4. The van der Waals surface area contributed by atoms with E-state index < -0.39 is 0 Å². The number of carbonyl (C=O) groups is 1. The van der Waals surface area contributed by atoms with Gasteiger partial charge in [0, 0.05) is 31.0 Å². The molecule has 1 aromatic carbocycles. The van der Waals surface area contributed by atoms with E-state index in [-0.39, 0.29) is 17.2 Å². The highest BCUT2D eigenvalue weighted by molar-refractivity contribution is 8.00. The molecule has 6 nitrogen and oxygen atoms in total. The van der Waals surface area contributed by atoms with Gasteiger partial charge in [0.05, 0.1) is 5.25 Å². The summed E-state index contributed by atoms with van der Waals surface area (Å²) in [7, 11) is 1.91. The zero-order valence-corrected chi connectivity index (χ0v) is 17.2. The number of pyridine rings is 1. The van der Waals surface area contributed by atoms with Gasteiger partial charge in [-0.1, -0.05) is 42.1 Å². The van der Waals surface area contributed by atoms with Crippen LogP contribution in [0.1, 0.15) is 25.8 Å². The van der Waals surface area contributed by atoms with Crippen molar-refractivity contribution in [1.82, 2.24) is 25.1 Å². The van der Waals surface area contributed by atoms with E-state index in [2.05, 4.69) is 32.6 Å². The summed E-state index contributed by atoms with van der Waals surface area (Å²) in [6, 6.07) is 14.2. The molecule has 0 spiro atoms. The van der Waals surface area contributed by atoms with Crippen LogP contribution in [0, 0.1) is 0 Å². The Balaban J connectivity index is 1.53. The van der Waals surface area contributed by atoms with Crippen LogP contribution in [0.4, 0.5) is 0 Å². The van der Waals surface area contributed by atoms with Gasteiger partial charge in [-0.3, -0.25) is 9.78 Å². The summed E-state index contributed by atoms with van der Waals surface area (Å²) in [6.45, 7) is 3.94. The summed E-state index contributed by atoms with van der Waals surface area (Å²) >= 11 is 1.41.